The lowest BCUT2D eigenvalue weighted by Crippen LogP contribution is -2.35. The topological polar surface area (TPSA) is 27.7 Å². The highest BCUT2D eigenvalue weighted by Crippen LogP contribution is 2.35. The van der Waals surface area contributed by atoms with E-state index in [4.69, 9.17) is 14.2 Å². The highest BCUT2D eigenvalue weighted by molar-refractivity contribution is 7.08. The van der Waals surface area contributed by atoms with E-state index in [1.54, 1.807) is 11.3 Å². The van der Waals surface area contributed by atoms with Crippen LogP contribution in [0.15, 0.2) is 10.8 Å². The molecule has 0 radical (unpaired) electrons. The van der Waals surface area contributed by atoms with Gasteiger partial charge in [-0.25, -0.2) is 0 Å². The van der Waals surface area contributed by atoms with Crippen molar-refractivity contribution < 1.29 is 14.2 Å². The van der Waals surface area contributed by atoms with Gasteiger partial charge in [0.25, 0.3) is 0 Å². The van der Waals surface area contributed by atoms with Crippen molar-refractivity contribution in [1.82, 2.24) is 0 Å². The van der Waals surface area contributed by atoms with Gasteiger partial charge in [-0.1, -0.05) is 19.3 Å². The van der Waals surface area contributed by atoms with Gasteiger partial charge in [-0.05, 0) is 12.8 Å². The molecule has 0 spiro atoms. The Balaban J connectivity index is 1.47. The molecule has 2 aliphatic rings. The standard InChI is InChI=1S/C13H18O3S/c1-2-4-10(5-3-1)14-6-11-7-15-12-8-17-9-13(12)16-11/h8-11H,1-7H2. The first-order valence-corrected chi connectivity index (χ1v) is 7.33. The lowest BCUT2D eigenvalue weighted by Gasteiger charge is -2.27. The minimum absolute atomic E-state index is 0.0547. The van der Waals surface area contributed by atoms with Gasteiger partial charge in [-0.3, -0.25) is 0 Å². The molecule has 0 N–H and O–H groups in total. The summed E-state index contributed by atoms with van der Waals surface area (Å²) in [5, 5.41) is 3.97. The molecular weight excluding hydrogens is 236 g/mol. The number of ether oxygens (including phenoxy) is 3. The summed E-state index contributed by atoms with van der Waals surface area (Å²) in [6.07, 6.45) is 6.88. The van der Waals surface area contributed by atoms with Gasteiger partial charge in [0, 0.05) is 10.8 Å². The van der Waals surface area contributed by atoms with E-state index in [2.05, 4.69) is 0 Å². The molecule has 0 bridgehead atoms. The highest BCUT2D eigenvalue weighted by Gasteiger charge is 2.23. The number of fused-ring (bicyclic) bond motifs is 1. The van der Waals surface area contributed by atoms with E-state index in [-0.39, 0.29) is 6.10 Å². The Labute approximate surface area is 106 Å². The zero-order valence-corrected chi connectivity index (χ0v) is 10.7. The van der Waals surface area contributed by atoms with Gasteiger partial charge in [0.15, 0.2) is 17.6 Å². The predicted molar refractivity (Wildman–Crippen MR) is 67.1 cm³/mol. The minimum atomic E-state index is 0.0547. The highest BCUT2D eigenvalue weighted by atomic mass is 32.1. The number of hydrogen-bond acceptors (Lipinski definition) is 4. The quantitative estimate of drug-likeness (QED) is 0.828. The molecule has 1 saturated carbocycles. The van der Waals surface area contributed by atoms with Crippen LogP contribution in [0.2, 0.25) is 0 Å². The van der Waals surface area contributed by atoms with Crippen molar-refractivity contribution in [2.45, 2.75) is 44.3 Å². The molecule has 1 aromatic rings. The third kappa shape index (κ3) is 2.75. The zero-order chi connectivity index (χ0) is 11.5. The molecule has 0 amide bonds. The molecule has 1 atom stereocenters. The summed E-state index contributed by atoms with van der Waals surface area (Å²) in [5.41, 5.74) is 0. The van der Waals surface area contributed by atoms with Crippen LogP contribution in [-0.2, 0) is 4.74 Å². The molecule has 94 valence electrons. The van der Waals surface area contributed by atoms with E-state index < -0.39 is 0 Å². The molecule has 3 nitrogen and oxygen atoms in total. The summed E-state index contributed by atoms with van der Waals surface area (Å²) in [6.45, 7) is 1.26. The Morgan fingerprint density at radius 1 is 1.18 bits per heavy atom. The van der Waals surface area contributed by atoms with Crippen LogP contribution in [-0.4, -0.2) is 25.4 Å². The van der Waals surface area contributed by atoms with Gasteiger partial charge < -0.3 is 14.2 Å². The molecule has 4 heteroatoms. The smallest absolute Gasteiger partial charge is 0.172 e. The van der Waals surface area contributed by atoms with Gasteiger partial charge in [-0.15, -0.1) is 11.3 Å². The summed E-state index contributed by atoms with van der Waals surface area (Å²) in [6, 6.07) is 0. The molecule has 1 unspecified atom stereocenters. The Bertz CT molecular complexity index is 357. The van der Waals surface area contributed by atoms with Crippen LogP contribution in [0, 0.1) is 0 Å². The van der Waals surface area contributed by atoms with E-state index in [0.717, 1.165) is 11.5 Å². The summed E-state index contributed by atoms with van der Waals surface area (Å²) in [7, 11) is 0. The van der Waals surface area contributed by atoms with E-state index in [1.165, 1.54) is 32.1 Å². The van der Waals surface area contributed by atoms with Crippen LogP contribution in [0.4, 0.5) is 0 Å². The number of rotatable bonds is 3. The van der Waals surface area contributed by atoms with Crippen molar-refractivity contribution >= 4 is 11.3 Å². The second-order valence-electron chi connectivity index (χ2n) is 4.74. The fourth-order valence-electron chi connectivity index (χ4n) is 2.42. The lowest BCUT2D eigenvalue weighted by atomic mass is 9.98. The summed E-state index contributed by atoms with van der Waals surface area (Å²) >= 11 is 1.61. The van der Waals surface area contributed by atoms with Crippen LogP contribution in [0.3, 0.4) is 0 Å². The minimum Gasteiger partial charge on any atom is -0.485 e. The predicted octanol–water partition coefficient (Wildman–Crippen LogP) is 3.24. The number of thiophene rings is 1. The fraction of sp³-hybridized carbons (Fsp3) is 0.692. The average Bonchev–Trinajstić information content (AvgIpc) is 2.85. The SMILES string of the molecule is c1scc2c1OCC(COC1CCCCC1)O2. The molecule has 1 fully saturated rings. The van der Waals surface area contributed by atoms with Crippen molar-refractivity contribution in [3.8, 4) is 11.5 Å². The maximum Gasteiger partial charge on any atom is 0.172 e. The van der Waals surface area contributed by atoms with Crippen molar-refractivity contribution in [2.75, 3.05) is 13.2 Å². The second kappa shape index (κ2) is 5.27. The largest absolute Gasteiger partial charge is 0.485 e. The Morgan fingerprint density at radius 2 is 2.00 bits per heavy atom. The van der Waals surface area contributed by atoms with E-state index >= 15 is 0 Å². The van der Waals surface area contributed by atoms with E-state index in [9.17, 15) is 0 Å². The van der Waals surface area contributed by atoms with Crippen LogP contribution >= 0.6 is 11.3 Å². The number of hydrogen-bond donors (Lipinski definition) is 0. The van der Waals surface area contributed by atoms with Crippen LogP contribution in [0.25, 0.3) is 0 Å². The first-order valence-electron chi connectivity index (χ1n) is 6.39. The van der Waals surface area contributed by atoms with Crippen LogP contribution < -0.4 is 9.47 Å². The van der Waals surface area contributed by atoms with E-state index in [0.29, 0.717) is 19.3 Å². The molecule has 2 heterocycles. The molecular formula is C13H18O3S. The third-order valence-electron chi connectivity index (χ3n) is 3.38. The average molecular weight is 254 g/mol. The van der Waals surface area contributed by atoms with Gasteiger partial charge in [0.2, 0.25) is 0 Å². The van der Waals surface area contributed by atoms with Crippen molar-refractivity contribution in [1.29, 1.82) is 0 Å². The first kappa shape index (κ1) is 11.4. The van der Waals surface area contributed by atoms with Gasteiger partial charge in [0.1, 0.15) is 6.61 Å². The monoisotopic (exact) mass is 254 g/mol. The molecule has 0 aromatic carbocycles. The van der Waals surface area contributed by atoms with Crippen molar-refractivity contribution in [3.05, 3.63) is 10.8 Å². The van der Waals surface area contributed by atoms with Crippen LogP contribution in [0.5, 0.6) is 11.5 Å². The summed E-state index contributed by atoms with van der Waals surface area (Å²) in [5.74, 6) is 1.75. The fourth-order valence-corrected chi connectivity index (χ4v) is 3.09. The summed E-state index contributed by atoms with van der Waals surface area (Å²) < 4.78 is 17.4. The maximum atomic E-state index is 5.91. The van der Waals surface area contributed by atoms with Gasteiger partial charge >= 0.3 is 0 Å². The molecule has 1 aromatic heterocycles. The van der Waals surface area contributed by atoms with Crippen molar-refractivity contribution in [3.63, 3.8) is 0 Å². The maximum absolute atomic E-state index is 5.91. The zero-order valence-electron chi connectivity index (χ0n) is 9.89. The van der Waals surface area contributed by atoms with E-state index in [1.807, 2.05) is 10.8 Å². The molecule has 1 aliphatic heterocycles. The second-order valence-corrected chi connectivity index (χ2v) is 5.49. The molecule has 3 rings (SSSR count). The lowest BCUT2D eigenvalue weighted by molar-refractivity contribution is -0.0363. The Hall–Kier alpha value is -0.740. The summed E-state index contributed by atoms with van der Waals surface area (Å²) in [4.78, 5) is 0. The van der Waals surface area contributed by atoms with Gasteiger partial charge in [0.05, 0.1) is 12.7 Å². The normalized spacial score (nSPS) is 24.8. The first-order chi connectivity index (χ1) is 8.42. The Morgan fingerprint density at radius 3 is 2.88 bits per heavy atom. The van der Waals surface area contributed by atoms with Crippen molar-refractivity contribution in [2.24, 2.45) is 0 Å². The molecule has 17 heavy (non-hydrogen) atoms. The molecule has 0 saturated heterocycles. The van der Waals surface area contributed by atoms with Gasteiger partial charge in [-0.2, -0.15) is 0 Å². The Kier molecular flexibility index (Phi) is 3.52. The third-order valence-corrected chi connectivity index (χ3v) is 4.08. The van der Waals surface area contributed by atoms with Crippen LogP contribution in [0.1, 0.15) is 32.1 Å². The molecule has 1 aliphatic carbocycles.